The largest absolute Gasteiger partial charge is 0.310 e. The zero-order valence-electron chi connectivity index (χ0n) is 10.7. The Morgan fingerprint density at radius 2 is 2.11 bits per heavy atom. The number of thiazole rings is 1. The van der Waals surface area contributed by atoms with Crippen LogP contribution in [-0.4, -0.2) is 17.8 Å². The van der Waals surface area contributed by atoms with Crippen molar-refractivity contribution < 1.29 is 0 Å². The van der Waals surface area contributed by atoms with Gasteiger partial charge in [-0.2, -0.15) is 0 Å². The Balaban J connectivity index is 1.81. The van der Waals surface area contributed by atoms with Gasteiger partial charge < -0.3 is 5.32 Å². The molecule has 0 aliphatic carbocycles. The van der Waals surface area contributed by atoms with Crippen molar-refractivity contribution in [1.29, 1.82) is 0 Å². The molecule has 0 spiro atoms. The van der Waals surface area contributed by atoms with Crippen LogP contribution in [0.25, 0.3) is 0 Å². The molecule has 0 radical (unpaired) electrons. The first kappa shape index (κ1) is 13.6. The second-order valence-corrected chi connectivity index (χ2v) is 5.78. The highest BCUT2D eigenvalue weighted by molar-refractivity contribution is 7.98. The zero-order valence-corrected chi connectivity index (χ0v) is 12.4. The minimum Gasteiger partial charge on any atom is -0.310 e. The minimum absolute atomic E-state index is 0.388. The Kier molecular flexibility index (Phi) is 5.23. The van der Waals surface area contributed by atoms with Crippen LogP contribution in [0.3, 0.4) is 0 Å². The lowest BCUT2D eigenvalue weighted by atomic mass is 10.1. The summed E-state index contributed by atoms with van der Waals surface area (Å²) in [5.41, 5.74) is 4.41. The zero-order chi connectivity index (χ0) is 12.8. The second kappa shape index (κ2) is 6.92. The predicted molar refractivity (Wildman–Crippen MR) is 80.5 cm³/mol. The maximum Gasteiger partial charge on any atom is 0.0794 e. The van der Waals surface area contributed by atoms with Gasteiger partial charge in [-0.3, -0.25) is 0 Å². The molecule has 2 aromatic rings. The van der Waals surface area contributed by atoms with Crippen LogP contribution in [0, 0.1) is 0 Å². The molecule has 2 rings (SSSR count). The van der Waals surface area contributed by atoms with E-state index in [4.69, 9.17) is 0 Å². The molecule has 0 aliphatic rings. The maximum atomic E-state index is 4.28. The van der Waals surface area contributed by atoms with Gasteiger partial charge in [0.15, 0.2) is 0 Å². The number of hydrogen-bond acceptors (Lipinski definition) is 4. The normalized spacial score (nSPS) is 12.6. The second-order valence-electron chi connectivity index (χ2n) is 4.18. The molecule has 1 aromatic carbocycles. The van der Waals surface area contributed by atoms with Crippen molar-refractivity contribution in [2.75, 3.05) is 12.8 Å². The van der Waals surface area contributed by atoms with Crippen molar-refractivity contribution in [3.8, 4) is 0 Å². The van der Waals surface area contributed by atoms with Crippen LogP contribution in [0.15, 0.2) is 40.1 Å². The van der Waals surface area contributed by atoms with Gasteiger partial charge in [-0.15, -0.1) is 23.1 Å². The fourth-order valence-corrected chi connectivity index (χ4v) is 2.79. The van der Waals surface area contributed by atoms with Crippen molar-refractivity contribution >= 4 is 23.1 Å². The molecule has 96 valence electrons. The number of nitrogens with zero attached hydrogens (tertiary/aromatic N) is 1. The van der Waals surface area contributed by atoms with E-state index in [1.807, 2.05) is 5.51 Å². The number of rotatable bonds is 6. The first-order chi connectivity index (χ1) is 8.79. The van der Waals surface area contributed by atoms with E-state index in [1.165, 1.54) is 16.2 Å². The monoisotopic (exact) mass is 278 g/mol. The lowest BCUT2D eigenvalue weighted by molar-refractivity contribution is 0.574. The summed E-state index contributed by atoms with van der Waals surface area (Å²) >= 11 is 3.44. The highest BCUT2D eigenvalue weighted by Crippen LogP contribution is 2.18. The Morgan fingerprint density at radius 3 is 2.72 bits per heavy atom. The Hall–Kier alpha value is -0.840. The van der Waals surface area contributed by atoms with Gasteiger partial charge in [0.05, 0.1) is 11.2 Å². The van der Waals surface area contributed by atoms with Gasteiger partial charge in [0.25, 0.3) is 0 Å². The van der Waals surface area contributed by atoms with Gasteiger partial charge in [-0.25, -0.2) is 4.98 Å². The molecule has 1 atom stereocenters. The number of hydrogen-bond donors (Lipinski definition) is 1. The van der Waals surface area contributed by atoms with Gasteiger partial charge in [0.2, 0.25) is 0 Å². The molecule has 0 aliphatic heterocycles. The Bertz CT molecular complexity index is 451. The SMILES string of the molecule is CSc1ccc(C(C)NCCc2cscn2)cc1. The summed E-state index contributed by atoms with van der Waals surface area (Å²) in [5.74, 6) is 0. The van der Waals surface area contributed by atoms with Crippen LogP contribution in [-0.2, 0) is 6.42 Å². The summed E-state index contributed by atoms with van der Waals surface area (Å²) in [6.07, 6.45) is 3.10. The fourth-order valence-electron chi connectivity index (χ4n) is 1.79. The lowest BCUT2D eigenvalue weighted by Gasteiger charge is -2.14. The molecule has 0 fully saturated rings. The third-order valence-electron chi connectivity index (χ3n) is 2.93. The predicted octanol–water partition coefficient (Wildman–Crippen LogP) is 3.76. The molecular weight excluding hydrogens is 260 g/mol. The number of aromatic nitrogens is 1. The summed E-state index contributed by atoms with van der Waals surface area (Å²) in [5, 5.41) is 5.64. The standard InChI is InChI=1S/C14H18N2S2/c1-11(12-3-5-14(17-2)6-4-12)15-8-7-13-9-18-10-16-13/h3-6,9-11,15H,7-8H2,1-2H3. The van der Waals surface area contributed by atoms with Gasteiger partial charge in [0, 0.05) is 29.3 Å². The summed E-state index contributed by atoms with van der Waals surface area (Å²) < 4.78 is 0. The topological polar surface area (TPSA) is 24.9 Å². The van der Waals surface area contributed by atoms with Crippen LogP contribution in [0.1, 0.15) is 24.2 Å². The molecule has 18 heavy (non-hydrogen) atoms. The van der Waals surface area contributed by atoms with E-state index in [0.29, 0.717) is 6.04 Å². The molecule has 4 heteroatoms. The fraction of sp³-hybridized carbons (Fsp3) is 0.357. The Labute approximate surface area is 117 Å². The molecule has 0 bridgehead atoms. The molecule has 0 saturated heterocycles. The number of nitrogens with one attached hydrogen (secondary N) is 1. The van der Waals surface area contributed by atoms with Crippen molar-refractivity contribution in [3.63, 3.8) is 0 Å². The quantitative estimate of drug-likeness (QED) is 0.814. The molecule has 1 aromatic heterocycles. The van der Waals surface area contributed by atoms with E-state index in [-0.39, 0.29) is 0 Å². The first-order valence-electron chi connectivity index (χ1n) is 6.04. The first-order valence-corrected chi connectivity index (χ1v) is 8.20. The van der Waals surface area contributed by atoms with Crippen molar-refractivity contribution in [2.24, 2.45) is 0 Å². The number of thioether (sulfide) groups is 1. The van der Waals surface area contributed by atoms with E-state index >= 15 is 0 Å². The van der Waals surface area contributed by atoms with Crippen LogP contribution >= 0.6 is 23.1 Å². The van der Waals surface area contributed by atoms with Gasteiger partial charge in [0.1, 0.15) is 0 Å². The third kappa shape index (κ3) is 3.83. The molecular formula is C14H18N2S2. The molecule has 1 N–H and O–H groups in total. The maximum absolute atomic E-state index is 4.28. The average Bonchev–Trinajstić information content (AvgIpc) is 2.92. The summed E-state index contributed by atoms with van der Waals surface area (Å²) in [6, 6.07) is 9.15. The average molecular weight is 278 g/mol. The molecule has 2 nitrogen and oxygen atoms in total. The summed E-state index contributed by atoms with van der Waals surface area (Å²) in [7, 11) is 0. The Morgan fingerprint density at radius 1 is 1.33 bits per heavy atom. The van der Waals surface area contributed by atoms with Crippen LogP contribution in [0.5, 0.6) is 0 Å². The van der Waals surface area contributed by atoms with Crippen molar-refractivity contribution in [1.82, 2.24) is 10.3 Å². The lowest BCUT2D eigenvalue weighted by Crippen LogP contribution is -2.21. The minimum atomic E-state index is 0.388. The van der Waals surface area contributed by atoms with Crippen LogP contribution in [0.4, 0.5) is 0 Å². The van der Waals surface area contributed by atoms with E-state index < -0.39 is 0 Å². The van der Waals surface area contributed by atoms with E-state index in [1.54, 1.807) is 23.1 Å². The third-order valence-corrected chi connectivity index (χ3v) is 4.31. The number of benzene rings is 1. The summed E-state index contributed by atoms with van der Waals surface area (Å²) in [4.78, 5) is 5.60. The van der Waals surface area contributed by atoms with E-state index in [9.17, 15) is 0 Å². The molecule has 0 amide bonds. The van der Waals surface area contributed by atoms with Gasteiger partial charge in [-0.1, -0.05) is 12.1 Å². The van der Waals surface area contributed by atoms with Gasteiger partial charge in [-0.05, 0) is 30.9 Å². The molecule has 1 heterocycles. The van der Waals surface area contributed by atoms with E-state index in [0.717, 1.165) is 13.0 Å². The van der Waals surface area contributed by atoms with Crippen LogP contribution < -0.4 is 5.32 Å². The van der Waals surface area contributed by atoms with Gasteiger partial charge >= 0.3 is 0 Å². The van der Waals surface area contributed by atoms with Crippen LogP contribution in [0.2, 0.25) is 0 Å². The van der Waals surface area contributed by atoms with Crippen molar-refractivity contribution in [2.45, 2.75) is 24.3 Å². The highest BCUT2D eigenvalue weighted by Gasteiger charge is 2.04. The molecule has 0 saturated carbocycles. The summed E-state index contributed by atoms with van der Waals surface area (Å²) in [6.45, 7) is 3.17. The van der Waals surface area contributed by atoms with Crippen molar-refractivity contribution in [3.05, 3.63) is 46.4 Å². The molecule has 1 unspecified atom stereocenters. The smallest absolute Gasteiger partial charge is 0.0794 e. The van der Waals surface area contributed by atoms with E-state index in [2.05, 4.69) is 53.1 Å². The highest BCUT2D eigenvalue weighted by atomic mass is 32.2.